The molecule has 1 aliphatic carbocycles. The van der Waals surface area contributed by atoms with Crippen LogP contribution in [0.5, 0.6) is 11.6 Å². The molecule has 0 unspecified atom stereocenters. The molecule has 1 aromatic carbocycles. The standard InChI is InChI=1S/C16H14N2O4.C14H28N2O2/c1-21-15-6-5-10(8-17-15)9-22-14-4-2-3-12-11(14)7-13(18-12)16(19)20;1-11-10-16(8-4-13(11)17)9-7-14(18)5-2-12(15)3-6-14/h2-8,18H,9H2,1H3,(H,19,20);11-13,17-18H,2-10,15H2,1H3/t;11-,12?,13-,14?/m.0/s1. The van der Waals surface area contributed by atoms with Gasteiger partial charge in [-0.3, -0.25) is 0 Å². The highest BCUT2D eigenvalue weighted by Crippen LogP contribution is 2.31. The number of methoxy groups -OCH3 is 1. The Morgan fingerprint density at radius 2 is 2.00 bits per heavy atom. The van der Waals surface area contributed by atoms with E-state index in [1.54, 1.807) is 31.5 Å². The third kappa shape index (κ3) is 7.94. The first-order chi connectivity index (χ1) is 19.2. The van der Waals surface area contributed by atoms with Crippen LogP contribution in [0.1, 0.15) is 61.5 Å². The van der Waals surface area contributed by atoms with E-state index in [1.165, 1.54) is 0 Å². The van der Waals surface area contributed by atoms with Crippen molar-refractivity contribution >= 4 is 16.9 Å². The number of nitrogens with one attached hydrogen (secondary N) is 1. The number of ether oxygens (including phenoxy) is 2. The van der Waals surface area contributed by atoms with Gasteiger partial charge in [0.2, 0.25) is 5.88 Å². The highest BCUT2D eigenvalue weighted by Gasteiger charge is 2.33. The summed E-state index contributed by atoms with van der Waals surface area (Å²) >= 11 is 0. The van der Waals surface area contributed by atoms with Gasteiger partial charge in [0.15, 0.2) is 0 Å². The number of aromatic amines is 1. The highest BCUT2D eigenvalue weighted by atomic mass is 16.5. The van der Waals surface area contributed by atoms with Gasteiger partial charge in [-0.25, -0.2) is 9.78 Å². The molecular weight excluding hydrogens is 512 g/mol. The lowest BCUT2D eigenvalue weighted by atomic mass is 9.80. The number of aromatic carboxylic acids is 1. The summed E-state index contributed by atoms with van der Waals surface area (Å²) in [5, 5.41) is 30.0. The second-order valence-corrected chi connectivity index (χ2v) is 11.1. The molecule has 2 aromatic heterocycles. The second-order valence-electron chi connectivity index (χ2n) is 11.1. The first-order valence-corrected chi connectivity index (χ1v) is 14.0. The molecule has 3 aromatic rings. The van der Waals surface area contributed by atoms with E-state index in [4.69, 9.17) is 20.3 Å². The summed E-state index contributed by atoms with van der Waals surface area (Å²) in [6.07, 6.45) is 6.85. The normalized spacial score (nSPS) is 25.2. The summed E-state index contributed by atoms with van der Waals surface area (Å²) < 4.78 is 10.8. The number of H-pyrrole nitrogens is 1. The van der Waals surface area contributed by atoms with Crippen molar-refractivity contribution in [2.24, 2.45) is 11.7 Å². The minimum atomic E-state index is -0.999. The number of hydrogen-bond donors (Lipinski definition) is 5. The molecule has 40 heavy (non-hydrogen) atoms. The quantitative estimate of drug-likeness (QED) is 0.281. The van der Waals surface area contributed by atoms with Gasteiger partial charge in [0.05, 0.1) is 18.8 Å². The van der Waals surface area contributed by atoms with Crippen LogP contribution in [0.25, 0.3) is 10.9 Å². The Morgan fingerprint density at radius 1 is 1.23 bits per heavy atom. The van der Waals surface area contributed by atoms with E-state index in [1.807, 2.05) is 18.2 Å². The third-order valence-electron chi connectivity index (χ3n) is 8.05. The van der Waals surface area contributed by atoms with E-state index >= 15 is 0 Å². The van der Waals surface area contributed by atoms with Gasteiger partial charge in [-0.2, -0.15) is 0 Å². The van der Waals surface area contributed by atoms with Crippen LogP contribution in [0.3, 0.4) is 0 Å². The Morgan fingerprint density at radius 3 is 2.65 bits per heavy atom. The lowest BCUT2D eigenvalue weighted by Crippen LogP contribution is -2.45. The van der Waals surface area contributed by atoms with Crippen molar-refractivity contribution in [3.05, 3.63) is 53.9 Å². The number of fused-ring (bicyclic) bond motifs is 1. The van der Waals surface area contributed by atoms with Gasteiger partial charge >= 0.3 is 5.97 Å². The van der Waals surface area contributed by atoms with Crippen LogP contribution in [0.15, 0.2) is 42.6 Å². The molecule has 6 N–H and O–H groups in total. The number of carboxylic acid groups (broad SMARTS) is 1. The molecule has 10 nitrogen and oxygen atoms in total. The van der Waals surface area contributed by atoms with Crippen LogP contribution in [0, 0.1) is 5.92 Å². The third-order valence-corrected chi connectivity index (χ3v) is 8.05. The smallest absolute Gasteiger partial charge is 0.352 e. The van der Waals surface area contributed by atoms with Crippen molar-refractivity contribution in [2.75, 3.05) is 26.7 Å². The molecule has 0 amide bonds. The Balaban J connectivity index is 0.000000189. The number of pyridine rings is 1. The summed E-state index contributed by atoms with van der Waals surface area (Å²) in [5.41, 5.74) is 7.14. The maximum absolute atomic E-state index is 11.0. The fourth-order valence-electron chi connectivity index (χ4n) is 5.36. The lowest BCUT2D eigenvalue weighted by molar-refractivity contribution is -0.0252. The van der Waals surface area contributed by atoms with Crippen molar-refractivity contribution in [1.82, 2.24) is 14.9 Å². The van der Waals surface area contributed by atoms with Gasteiger partial charge < -0.3 is 40.4 Å². The molecule has 1 saturated carbocycles. The minimum Gasteiger partial charge on any atom is -0.488 e. The van der Waals surface area contributed by atoms with Crippen molar-refractivity contribution in [3.8, 4) is 11.6 Å². The molecule has 3 heterocycles. The zero-order valence-corrected chi connectivity index (χ0v) is 23.4. The monoisotopic (exact) mass is 554 g/mol. The van der Waals surface area contributed by atoms with E-state index in [0.717, 1.165) is 74.6 Å². The van der Waals surface area contributed by atoms with Crippen molar-refractivity contribution in [2.45, 2.75) is 69.8 Å². The van der Waals surface area contributed by atoms with Crippen LogP contribution in [0.4, 0.5) is 0 Å². The molecule has 5 rings (SSSR count). The molecule has 1 aliphatic heterocycles. The Kier molecular flexibility index (Phi) is 10.0. The molecule has 2 atom stereocenters. The molecule has 218 valence electrons. The van der Waals surface area contributed by atoms with E-state index < -0.39 is 11.6 Å². The Hall–Kier alpha value is -3.18. The summed E-state index contributed by atoms with van der Waals surface area (Å²) in [6, 6.07) is 10.9. The topological polar surface area (TPSA) is 154 Å². The highest BCUT2D eigenvalue weighted by molar-refractivity contribution is 5.96. The van der Waals surface area contributed by atoms with Crippen LogP contribution in [-0.4, -0.2) is 80.6 Å². The number of carbonyl (C=O) groups is 1. The van der Waals surface area contributed by atoms with Crippen LogP contribution >= 0.6 is 0 Å². The number of carboxylic acids is 1. The summed E-state index contributed by atoms with van der Waals surface area (Å²) in [7, 11) is 1.56. The molecule has 2 fully saturated rings. The zero-order chi connectivity index (χ0) is 28.7. The average Bonchev–Trinajstić information content (AvgIpc) is 3.41. The molecule has 0 spiro atoms. The van der Waals surface area contributed by atoms with Gasteiger partial charge in [-0.15, -0.1) is 0 Å². The first kappa shape index (κ1) is 29.8. The molecule has 1 saturated heterocycles. The maximum atomic E-state index is 11.0. The number of nitrogens with zero attached hydrogens (tertiary/aromatic N) is 2. The van der Waals surface area contributed by atoms with Crippen molar-refractivity contribution in [1.29, 1.82) is 0 Å². The fourth-order valence-corrected chi connectivity index (χ4v) is 5.36. The largest absolute Gasteiger partial charge is 0.488 e. The van der Waals surface area contributed by atoms with Crippen molar-refractivity contribution < 1.29 is 29.6 Å². The van der Waals surface area contributed by atoms with Crippen LogP contribution in [-0.2, 0) is 6.61 Å². The predicted octanol–water partition coefficient (Wildman–Crippen LogP) is 3.56. The number of piperidine rings is 1. The number of benzene rings is 1. The van der Waals surface area contributed by atoms with Gasteiger partial charge in [0, 0.05) is 54.4 Å². The number of aliphatic hydroxyl groups is 2. The average molecular weight is 555 g/mol. The number of likely N-dealkylation sites (tertiary alicyclic amines) is 1. The molecule has 2 aliphatic rings. The van der Waals surface area contributed by atoms with E-state index in [0.29, 0.717) is 24.2 Å². The molecule has 0 bridgehead atoms. The summed E-state index contributed by atoms with van der Waals surface area (Å²) in [5.74, 6) is 0.523. The molecule has 10 heteroatoms. The molecular formula is C30H42N4O6. The van der Waals surface area contributed by atoms with Crippen molar-refractivity contribution in [3.63, 3.8) is 0 Å². The minimum absolute atomic E-state index is 0.136. The summed E-state index contributed by atoms with van der Waals surface area (Å²) in [6.45, 7) is 5.30. The number of aromatic nitrogens is 2. The van der Waals surface area contributed by atoms with Gasteiger partial charge in [-0.1, -0.05) is 13.0 Å². The Labute approximate surface area is 235 Å². The number of nitrogens with two attached hydrogens (primary N) is 1. The van der Waals surface area contributed by atoms with E-state index in [-0.39, 0.29) is 17.8 Å². The SMILES string of the molecule is COc1ccc(COc2cccc3[nH]c(C(=O)O)cc23)cn1.C[C@H]1CN(CCC2(O)CCC(N)CC2)CC[C@@H]1O. The fraction of sp³-hybridized carbons (Fsp3) is 0.533. The molecule has 0 radical (unpaired) electrons. The Bertz CT molecular complexity index is 1240. The number of aliphatic hydroxyl groups excluding tert-OH is 1. The maximum Gasteiger partial charge on any atom is 0.352 e. The van der Waals surface area contributed by atoms with Crippen LogP contribution < -0.4 is 15.2 Å². The van der Waals surface area contributed by atoms with Crippen LogP contribution in [0.2, 0.25) is 0 Å². The van der Waals surface area contributed by atoms with Gasteiger partial charge in [-0.05, 0) is 68.7 Å². The first-order valence-electron chi connectivity index (χ1n) is 14.0. The lowest BCUT2D eigenvalue weighted by Gasteiger charge is -2.39. The van der Waals surface area contributed by atoms with Gasteiger partial charge in [0.1, 0.15) is 18.1 Å². The zero-order valence-electron chi connectivity index (χ0n) is 23.4. The predicted molar refractivity (Wildman–Crippen MR) is 153 cm³/mol. The second kappa shape index (κ2) is 13.5. The van der Waals surface area contributed by atoms with E-state index in [2.05, 4.69) is 21.8 Å². The number of rotatable bonds is 8. The van der Waals surface area contributed by atoms with Gasteiger partial charge in [0.25, 0.3) is 0 Å². The summed E-state index contributed by atoms with van der Waals surface area (Å²) in [4.78, 5) is 20.4. The van der Waals surface area contributed by atoms with E-state index in [9.17, 15) is 15.0 Å². The number of hydrogen-bond acceptors (Lipinski definition) is 8.